The van der Waals surface area contributed by atoms with Gasteiger partial charge in [0.15, 0.2) is 10.9 Å². The van der Waals surface area contributed by atoms with Crippen LogP contribution in [0.4, 0.5) is 0 Å². The van der Waals surface area contributed by atoms with Gasteiger partial charge < -0.3 is 18.9 Å². The molecule has 0 aliphatic carbocycles. The van der Waals surface area contributed by atoms with Crippen molar-refractivity contribution in [2.75, 3.05) is 0 Å². The van der Waals surface area contributed by atoms with E-state index in [0.29, 0.717) is 22.2 Å². The first kappa shape index (κ1) is 18.2. The molecule has 0 saturated heterocycles. The summed E-state index contributed by atoms with van der Waals surface area (Å²) in [4.78, 5) is 0. The Morgan fingerprint density at radius 3 is 1.96 bits per heavy atom. The fraction of sp³-hybridized carbons (Fsp3) is 0. The topological polar surface area (TPSA) is 92.5 Å². The molecule has 28 heavy (non-hydrogen) atoms. The van der Waals surface area contributed by atoms with Gasteiger partial charge in [-0.25, -0.2) is 0 Å². The fourth-order valence-electron chi connectivity index (χ4n) is 2.69. The third-order valence-electron chi connectivity index (χ3n) is 4.01. The predicted molar refractivity (Wildman–Crippen MR) is 108 cm³/mol. The van der Waals surface area contributed by atoms with Gasteiger partial charge in [0.05, 0.1) is 0 Å². The van der Waals surface area contributed by atoms with Gasteiger partial charge in [-0.1, -0.05) is 48.0 Å². The molecule has 5 rings (SSSR count). The molecule has 0 amide bonds. The average molecular weight is 393 g/mol. The Morgan fingerprint density at radius 2 is 1.39 bits per heavy atom. The van der Waals surface area contributed by atoms with Crippen molar-refractivity contribution in [1.82, 2.24) is 10.2 Å². The molecule has 0 atom stereocenters. The van der Waals surface area contributed by atoms with Crippen molar-refractivity contribution in [1.29, 1.82) is 0 Å². The SMILES string of the molecule is Clc1ccc(-c2cc3ccccc3o2)nn1.OB(O)c1cc2ccccc2o1. The number of aromatic nitrogens is 2. The fourth-order valence-corrected chi connectivity index (χ4v) is 2.79. The first-order valence-corrected chi connectivity index (χ1v) is 8.81. The Labute approximate surface area is 165 Å². The summed E-state index contributed by atoms with van der Waals surface area (Å²) in [5, 5.41) is 27.6. The molecule has 2 N–H and O–H groups in total. The van der Waals surface area contributed by atoms with E-state index in [1.165, 1.54) is 0 Å². The van der Waals surface area contributed by atoms with Gasteiger partial charge in [0.2, 0.25) is 0 Å². The Bertz CT molecular complexity index is 1150. The van der Waals surface area contributed by atoms with Crippen LogP contribution in [-0.2, 0) is 0 Å². The molecular weight excluding hydrogens is 378 g/mol. The van der Waals surface area contributed by atoms with Gasteiger partial charge in [-0.15, -0.1) is 10.2 Å². The monoisotopic (exact) mass is 392 g/mol. The smallest absolute Gasteiger partial charge is 0.465 e. The van der Waals surface area contributed by atoms with Crippen molar-refractivity contribution in [3.8, 4) is 11.5 Å². The first-order chi connectivity index (χ1) is 13.6. The summed E-state index contributed by atoms with van der Waals surface area (Å²) < 4.78 is 10.8. The van der Waals surface area contributed by atoms with Crippen LogP contribution in [0.1, 0.15) is 0 Å². The van der Waals surface area contributed by atoms with E-state index in [0.717, 1.165) is 16.4 Å². The van der Waals surface area contributed by atoms with Crippen molar-refractivity contribution in [2.45, 2.75) is 0 Å². The van der Waals surface area contributed by atoms with Crippen LogP contribution in [0.3, 0.4) is 0 Å². The maximum absolute atomic E-state index is 8.79. The number of halogens is 1. The largest absolute Gasteiger partial charge is 0.526 e. The molecule has 5 aromatic rings. The second-order valence-electron chi connectivity index (χ2n) is 5.95. The zero-order valence-corrected chi connectivity index (χ0v) is 15.2. The summed E-state index contributed by atoms with van der Waals surface area (Å²) in [6, 6.07) is 22.2. The van der Waals surface area contributed by atoms with Crippen LogP contribution in [0.25, 0.3) is 33.4 Å². The summed E-state index contributed by atoms with van der Waals surface area (Å²) in [5.41, 5.74) is 2.37. The lowest BCUT2D eigenvalue weighted by molar-refractivity contribution is 0.412. The van der Waals surface area contributed by atoms with E-state index in [4.69, 9.17) is 30.5 Å². The van der Waals surface area contributed by atoms with Crippen LogP contribution in [0, 0.1) is 0 Å². The molecule has 0 unspecified atom stereocenters. The Kier molecular flexibility index (Phi) is 5.12. The Balaban J connectivity index is 0.000000143. The summed E-state index contributed by atoms with van der Waals surface area (Å²) in [7, 11) is -1.53. The van der Waals surface area contributed by atoms with E-state index in [2.05, 4.69) is 10.2 Å². The summed E-state index contributed by atoms with van der Waals surface area (Å²) in [5.74, 6) is 0.699. The van der Waals surface area contributed by atoms with Crippen molar-refractivity contribution in [2.24, 2.45) is 0 Å². The maximum atomic E-state index is 8.79. The van der Waals surface area contributed by atoms with Crippen LogP contribution in [0.2, 0.25) is 5.15 Å². The van der Waals surface area contributed by atoms with Gasteiger partial charge in [0.1, 0.15) is 22.5 Å². The Morgan fingerprint density at radius 1 is 0.750 bits per heavy atom. The zero-order valence-electron chi connectivity index (χ0n) is 14.5. The van der Waals surface area contributed by atoms with Gasteiger partial charge in [-0.2, -0.15) is 0 Å². The van der Waals surface area contributed by atoms with Gasteiger partial charge in [0, 0.05) is 10.8 Å². The van der Waals surface area contributed by atoms with Crippen LogP contribution in [-0.4, -0.2) is 27.4 Å². The summed E-state index contributed by atoms with van der Waals surface area (Å²) >= 11 is 5.67. The van der Waals surface area contributed by atoms with Crippen LogP contribution < -0.4 is 5.66 Å². The minimum atomic E-state index is -1.53. The molecule has 3 heterocycles. The van der Waals surface area contributed by atoms with Gasteiger partial charge in [-0.3, -0.25) is 0 Å². The van der Waals surface area contributed by atoms with Crippen molar-refractivity contribution >= 4 is 46.3 Å². The molecule has 0 aliphatic rings. The molecule has 8 heteroatoms. The predicted octanol–water partition coefficient (Wildman–Crippen LogP) is 3.66. The number of benzene rings is 2. The van der Waals surface area contributed by atoms with E-state index in [9.17, 15) is 0 Å². The first-order valence-electron chi connectivity index (χ1n) is 8.43. The van der Waals surface area contributed by atoms with E-state index < -0.39 is 7.12 Å². The zero-order chi connectivity index (χ0) is 19.5. The third-order valence-corrected chi connectivity index (χ3v) is 4.21. The number of fused-ring (bicyclic) bond motifs is 2. The molecule has 3 aromatic heterocycles. The highest BCUT2D eigenvalue weighted by Crippen LogP contribution is 2.26. The van der Waals surface area contributed by atoms with E-state index in [-0.39, 0.29) is 5.66 Å². The highest BCUT2D eigenvalue weighted by molar-refractivity contribution is 6.57. The van der Waals surface area contributed by atoms with Gasteiger partial charge in [0.25, 0.3) is 0 Å². The number of hydrogen-bond acceptors (Lipinski definition) is 6. The lowest BCUT2D eigenvalue weighted by Crippen LogP contribution is -2.27. The molecule has 0 spiro atoms. The summed E-state index contributed by atoms with van der Waals surface area (Å²) in [6.07, 6.45) is 0. The van der Waals surface area contributed by atoms with Gasteiger partial charge in [-0.05, 0) is 36.4 Å². The number of rotatable bonds is 2. The maximum Gasteiger partial charge on any atom is 0.526 e. The van der Waals surface area contributed by atoms with Crippen LogP contribution in [0.5, 0.6) is 0 Å². The number of furan rings is 2. The highest BCUT2D eigenvalue weighted by atomic mass is 35.5. The molecule has 0 aliphatic heterocycles. The number of hydrogen-bond donors (Lipinski definition) is 2. The lowest BCUT2D eigenvalue weighted by Gasteiger charge is -1.93. The third kappa shape index (κ3) is 3.92. The second-order valence-corrected chi connectivity index (χ2v) is 6.34. The molecule has 0 bridgehead atoms. The van der Waals surface area contributed by atoms with Gasteiger partial charge >= 0.3 is 7.12 Å². The van der Waals surface area contributed by atoms with Crippen LogP contribution in [0.15, 0.2) is 81.6 Å². The second kappa shape index (κ2) is 7.86. The lowest BCUT2D eigenvalue weighted by atomic mass is 9.88. The van der Waals surface area contributed by atoms with E-state index in [1.54, 1.807) is 24.3 Å². The number of para-hydroxylation sites is 2. The van der Waals surface area contributed by atoms with Crippen molar-refractivity contribution < 1.29 is 18.9 Å². The minimum absolute atomic E-state index is 0.177. The minimum Gasteiger partial charge on any atom is -0.465 e. The molecule has 0 radical (unpaired) electrons. The van der Waals surface area contributed by atoms with E-state index >= 15 is 0 Å². The molecule has 6 nitrogen and oxygen atoms in total. The normalized spacial score (nSPS) is 10.7. The van der Waals surface area contributed by atoms with Crippen molar-refractivity contribution in [3.05, 3.63) is 77.9 Å². The van der Waals surface area contributed by atoms with Crippen LogP contribution >= 0.6 is 11.6 Å². The average Bonchev–Trinajstić information content (AvgIpc) is 3.33. The molecule has 0 fully saturated rings. The highest BCUT2D eigenvalue weighted by Gasteiger charge is 2.16. The Hall–Kier alpha value is -3.13. The van der Waals surface area contributed by atoms with E-state index in [1.807, 2.05) is 48.5 Å². The summed E-state index contributed by atoms with van der Waals surface area (Å²) in [6.45, 7) is 0. The molecule has 138 valence electrons. The number of nitrogens with zero attached hydrogens (tertiary/aromatic N) is 2. The molecule has 0 saturated carbocycles. The standard InChI is InChI=1S/C12H7ClN2O.C8H7BO3/c13-12-6-5-9(14-15-12)11-7-8-3-1-2-4-10(8)16-11;10-9(11)8-5-6-3-1-2-4-7(6)12-8/h1-7H;1-5,10-11H. The quantitative estimate of drug-likeness (QED) is 0.445. The van der Waals surface area contributed by atoms with Crippen molar-refractivity contribution in [3.63, 3.8) is 0 Å². The molecular formula is C20H14BClN2O4. The molecule has 2 aromatic carbocycles.